The molecule has 2 amide bonds. The van der Waals surface area contributed by atoms with Crippen molar-refractivity contribution in [2.75, 3.05) is 24.3 Å². The van der Waals surface area contributed by atoms with E-state index in [0.717, 1.165) is 47.3 Å². The number of fused-ring (bicyclic) bond motifs is 1. The van der Waals surface area contributed by atoms with E-state index in [0.29, 0.717) is 6.54 Å². The first-order chi connectivity index (χ1) is 10.7. The Morgan fingerprint density at radius 2 is 2.36 bits per heavy atom. The van der Waals surface area contributed by atoms with E-state index in [9.17, 15) is 4.79 Å². The van der Waals surface area contributed by atoms with Crippen LogP contribution in [0, 0.1) is 0 Å². The van der Waals surface area contributed by atoms with E-state index in [4.69, 9.17) is 4.74 Å². The van der Waals surface area contributed by atoms with Crippen molar-refractivity contribution in [3.8, 4) is 5.75 Å². The van der Waals surface area contributed by atoms with Crippen molar-refractivity contribution in [2.24, 2.45) is 0 Å². The highest BCUT2D eigenvalue weighted by Gasteiger charge is 2.11. The van der Waals surface area contributed by atoms with Gasteiger partial charge in [0.15, 0.2) is 5.13 Å². The number of carbonyl (C=O) groups excluding carboxylic acids is 1. The van der Waals surface area contributed by atoms with Gasteiger partial charge in [-0.25, -0.2) is 9.78 Å². The van der Waals surface area contributed by atoms with Gasteiger partial charge in [-0.2, -0.15) is 0 Å². The van der Waals surface area contributed by atoms with E-state index in [2.05, 4.69) is 20.9 Å². The maximum Gasteiger partial charge on any atom is 0.319 e. The van der Waals surface area contributed by atoms with Crippen LogP contribution in [0.3, 0.4) is 0 Å². The molecule has 0 atom stereocenters. The van der Waals surface area contributed by atoms with Crippen LogP contribution in [0.2, 0.25) is 0 Å². The van der Waals surface area contributed by atoms with E-state index in [1.807, 2.05) is 30.6 Å². The minimum Gasteiger partial charge on any atom is -0.493 e. The molecular weight excluding hydrogens is 300 g/mol. The van der Waals surface area contributed by atoms with Gasteiger partial charge in [0.2, 0.25) is 0 Å². The monoisotopic (exact) mass is 318 g/mol. The van der Waals surface area contributed by atoms with Gasteiger partial charge in [0.25, 0.3) is 0 Å². The molecule has 22 heavy (non-hydrogen) atoms. The van der Waals surface area contributed by atoms with Gasteiger partial charge in [0, 0.05) is 18.1 Å². The lowest BCUT2D eigenvalue weighted by molar-refractivity contribution is 0.251. The third-order valence-corrected chi connectivity index (χ3v) is 4.27. The molecule has 7 heteroatoms. The number of nitrogens with zero attached hydrogens (tertiary/aromatic N) is 1. The summed E-state index contributed by atoms with van der Waals surface area (Å²) in [7, 11) is 1.82. The molecule has 0 spiro atoms. The second-order valence-electron chi connectivity index (χ2n) is 4.98. The molecular formula is C15H18N4O2S. The Hall–Kier alpha value is -2.28. The zero-order valence-corrected chi connectivity index (χ0v) is 13.1. The number of anilines is 2. The number of carbonyl (C=O) groups is 1. The van der Waals surface area contributed by atoms with Gasteiger partial charge in [0.1, 0.15) is 5.75 Å². The summed E-state index contributed by atoms with van der Waals surface area (Å²) in [6.07, 6.45) is 2.00. The van der Waals surface area contributed by atoms with Gasteiger partial charge in [-0.1, -0.05) is 0 Å². The summed E-state index contributed by atoms with van der Waals surface area (Å²) in [5.41, 5.74) is 2.75. The molecule has 0 bridgehead atoms. The fourth-order valence-electron chi connectivity index (χ4n) is 2.29. The van der Waals surface area contributed by atoms with Crippen LogP contribution in [-0.4, -0.2) is 24.7 Å². The molecule has 3 rings (SSSR count). The summed E-state index contributed by atoms with van der Waals surface area (Å²) in [5.74, 6) is 0.916. The van der Waals surface area contributed by atoms with Crippen LogP contribution in [0.15, 0.2) is 23.6 Å². The average Bonchev–Trinajstić information content (AvgIpc) is 3.01. The van der Waals surface area contributed by atoms with Crippen molar-refractivity contribution in [3.63, 3.8) is 0 Å². The Labute approximate surface area is 132 Å². The van der Waals surface area contributed by atoms with Gasteiger partial charge in [-0.05, 0) is 36.6 Å². The molecule has 0 saturated carbocycles. The Morgan fingerprint density at radius 3 is 3.18 bits per heavy atom. The summed E-state index contributed by atoms with van der Waals surface area (Å²) in [5, 5.41) is 11.4. The Balaban J connectivity index is 1.55. The summed E-state index contributed by atoms with van der Waals surface area (Å²) in [4.78, 5) is 16.3. The Kier molecular flexibility index (Phi) is 4.43. The van der Waals surface area contributed by atoms with E-state index < -0.39 is 0 Å². The van der Waals surface area contributed by atoms with Crippen molar-refractivity contribution in [2.45, 2.75) is 19.4 Å². The lowest BCUT2D eigenvalue weighted by Crippen LogP contribution is -2.28. The minimum atomic E-state index is -0.240. The van der Waals surface area contributed by atoms with Crippen LogP contribution in [0.4, 0.5) is 15.6 Å². The third-order valence-electron chi connectivity index (χ3n) is 3.36. The molecule has 116 valence electrons. The molecule has 2 aromatic rings. The average molecular weight is 318 g/mol. The number of hydrogen-bond acceptors (Lipinski definition) is 5. The SMILES string of the molecule is CNc1nc(CNC(=O)Nc2ccc3c(c2)CCCO3)cs1. The van der Waals surface area contributed by atoms with Crippen molar-refractivity contribution < 1.29 is 9.53 Å². The first-order valence-electron chi connectivity index (χ1n) is 7.17. The minimum absolute atomic E-state index is 0.240. The largest absolute Gasteiger partial charge is 0.493 e. The fourth-order valence-corrected chi connectivity index (χ4v) is 2.96. The topological polar surface area (TPSA) is 75.3 Å². The van der Waals surface area contributed by atoms with Gasteiger partial charge in [0.05, 0.1) is 18.8 Å². The highest BCUT2D eigenvalue weighted by molar-refractivity contribution is 7.13. The number of aryl methyl sites for hydroxylation is 1. The molecule has 6 nitrogen and oxygen atoms in total. The van der Waals surface area contributed by atoms with Crippen LogP contribution in [-0.2, 0) is 13.0 Å². The standard InChI is InChI=1S/C15H18N4O2S/c1-16-15-19-12(9-22-15)8-17-14(20)18-11-4-5-13-10(7-11)3-2-6-21-13/h4-5,7,9H,2-3,6,8H2,1H3,(H,16,19)(H2,17,18,20). The van der Waals surface area contributed by atoms with Crippen LogP contribution >= 0.6 is 11.3 Å². The summed E-state index contributed by atoms with van der Waals surface area (Å²) in [6.45, 7) is 1.17. The number of benzene rings is 1. The molecule has 0 saturated heterocycles. The normalized spacial score (nSPS) is 13.0. The number of rotatable bonds is 4. The van der Waals surface area contributed by atoms with Gasteiger partial charge >= 0.3 is 6.03 Å². The van der Waals surface area contributed by atoms with Crippen LogP contribution in [0.1, 0.15) is 17.7 Å². The number of amides is 2. The molecule has 0 radical (unpaired) electrons. The van der Waals surface area contributed by atoms with E-state index >= 15 is 0 Å². The van der Waals surface area contributed by atoms with E-state index in [1.54, 1.807) is 0 Å². The number of thiazole rings is 1. The van der Waals surface area contributed by atoms with Crippen molar-refractivity contribution in [1.82, 2.24) is 10.3 Å². The second-order valence-corrected chi connectivity index (χ2v) is 5.83. The highest BCUT2D eigenvalue weighted by atomic mass is 32.1. The second kappa shape index (κ2) is 6.65. The molecule has 0 unspecified atom stereocenters. The summed E-state index contributed by atoms with van der Waals surface area (Å²) in [6, 6.07) is 5.49. The van der Waals surface area contributed by atoms with Gasteiger partial charge in [-0.15, -0.1) is 11.3 Å². The van der Waals surface area contributed by atoms with E-state index in [1.165, 1.54) is 11.3 Å². The number of nitrogens with one attached hydrogen (secondary N) is 3. The van der Waals surface area contributed by atoms with Crippen LogP contribution < -0.4 is 20.7 Å². The Bertz CT molecular complexity index is 671. The number of hydrogen-bond donors (Lipinski definition) is 3. The molecule has 0 fully saturated rings. The van der Waals surface area contributed by atoms with Crippen molar-refractivity contribution >= 4 is 28.2 Å². The van der Waals surface area contributed by atoms with Crippen LogP contribution in [0.5, 0.6) is 5.75 Å². The molecule has 2 heterocycles. The van der Waals surface area contributed by atoms with Gasteiger partial charge in [-0.3, -0.25) is 0 Å². The van der Waals surface area contributed by atoms with Gasteiger partial charge < -0.3 is 20.7 Å². The maximum atomic E-state index is 11.9. The lowest BCUT2D eigenvalue weighted by atomic mass is 10.1. The third kappa shape index (κ3) is 3.48. The fraction of sp³-hybridized carbons (Fsp3) is 0.333. The first-order valence-corrected chi connectivity index (χ1v) is 8.05. The number of urea groups is 1. The molecule has 1 aliphatic rings. The zero-order chi connectivity index (χ0) is 15.4. The number of aromatic nitrogens is 1. The summed E-state index contributed by atoms with van der Waals surface area (Å²) >= 11 is 1.51. The zero-order valence-electron chi connectivity index (χ0n) is 12.3. The predicted octanol–water partition coefficient (Wildman–Crippen LogP) is 2.83. The van der Waals surface area contributed by atoms with E-state index in [-0.39, 0.29) is 6.03 Å². The smallest absolute Gasteiger partial charge is 0.319 e. The molecule has 1 aromatic heterocycles. The molecule has 3 N–H and O–H groups in total. The predicted molar refractivity (Wildman–Crippen MR) is 87.8 cm³/mol. The first kappa shape index (κ1) is 14.6. The van der Waals surface area contributed by atoms with Crippen LogP contribution in [0.25, 0.3) is 0 Å². The van der Waals surface area contributed by atoms with Crippen molar-refractivity contribution in [3.05, 3.63) is 34.8 Å². The van der Waals surface area contributed by atoms with Crippen molar-refractivity contribution in [1.29, 1.82) is 0 Å². The lowest BCUT2D eigenvalue weighted by Gasteiger charge is -2.18. The summed E-state index contributed by atoms with van der Waals surface area (Å²) < 4.78 is 5.56. The quantitative estimate of drug-likeness (QED) is 0.810. The maximum absolute atomic E-state index is 11.9. The molecule has 1 aromatic carbocycles. The number of ether oxygens (including phenoxy) is 1. The molecule has 1 aliphatic heterocycles. The molecule has 0 aliphatic carbocycles. The Morgan fingerprint density at radius 1 is 1.45 bits per heavy atom. The highest BCUT2D eigenvalue weighted by Crippen LogP contribution is 2.27.